The third kappa shape index (κ3) is 6.11. The van der Waals surface area contributed by atoms with Crippen molar-refractivity contribution in [3.8, 4) is 10.6 Å². The van der Waals surface area contributed by atoms with Crippen LogP contribution in [0.2, 0.25) is 0 Å². The standard InChI is InChI=1S/C25H30F3N7O4S/c1-10-16(23-34-17-11(2)29-6-5-15(17)40-23)21(35-24(32-10)31-9-25(26,27)28)33-14-7-13(18(36)20(14)38)19(37)22(39)30-8-12-3-4-12/h5-6,12-14,18-20,36-38H,3-4,7-9H2,1-2H3,(H,30,39)(H2,31,32,33,35)/t13-,14+,18+,19?,20-/m0/s1. The minimum atomic E-state index is -4.50. The van der Waals surface area contributed by atoms with Crippen molar-refractivity contribution in [2.75, 3.05) is 23.7 Å². The highest BCUT2D eigenvalue weighted by Crippen LogP contribution is 2.39. The van der Waals surface area contributed by atoms with Crippen LogP contribution in [0.15, 0.2) is 12.3 Å². The van der Waals surface area contributed by atoms with Gasteiger partial charge in [0.2, 0.25) is 11.9 Å². The molecule has 0 aliphatic heterocycles. The maximum Gasteiger partial charge on any atom is 0.405 e. The zero-order valence-corrected chi connectivity index (χ0v) is 22.6. The number of anilines is 2. The predicted molar refractivity (Wildman–Crippen MR) is 142 cm³/mol. The number of amides is 1. The Balaban J connectivity index is 1.44. The van der Waals surface area contributed by atoms with Crippen LogP contribution in [0.5, 0.6) is 0 Å². The van der Waals surface area contributed by atoms with Gasteiger partial charge in [-0.15, -0.1) is 11.3 Å². The van der Waals surface area contributed by atoms with Crippen molar-refractivity contribution >= 4 is 39.2 Å². The molecule has 1 unspecified atom stereocenters. The second-order valence-electron chi connectivity index (χ2n) is 10.4. The zero-order valence-electron chi connectivity index (χ0n) is 21.7. The summed E-state index contributed by atoms with van der Waals surface area (Å²) in [6, 6.07) is 0.913. The lowest BCUT2D eigenvalue weighted by Crippen LogP contribution is -2.44. The number of nitrogens with one attached hydrogen (secondary N) is 3. The van der Waals surface area contributed by atoms with Crippen LogP contribution in [0, 0.1) is 25.7 Å². The van der Waals surface area contributed by atoms with Gasteiger partial charge in [0.25, 0.3) is 0 Å². The average molecular weight is 582 g/mol. The van der Waals surface area contributed by atoms with Gasteiger partial charge in [0.1, 0.15) is 35.1 Å². The molecule has 5 atom stereocenters. The number of hydrogen-bond donors (Lipinski definition) is 6. The summed E-state index contributed by atoms with van der Waals surface area (Å²) >= 11 is 1.32. The third-order valence-electron chi connectivity index (χ3n) is 7.23. The molecular formula is C25H30F3N7O4S. The molecule has 2 aliphatic rings. The third-order valence-corrected chi connectivity index (χ3v) is 8.26. The van der Waals surface area contributed by atoms with E-state index in [9.17, 15) is 33.3 Å². The van der Waals surface area contributed by atoms with Gasteiger partial charge in [-0.2, -0.15) is 18.2 Å². The summed E-state index contributed by atoms with van der Waals surface area (Å²) in [6.45, 7) is 2.50. The molecule has 216 valence electrons. The monoisotopic (exact) mass is 581 g/mol. The van der Waals surface area contributed by atoms with E-state index in [-0.39, 0.29) is 18.2 Å². The van der Waals surface area contributed by atoms with Gasteiger partial charge >= 0.3 is 6.18 Å². The molecule has 0 radical (unpaired) electrons. The second-order valence-corrected chi connectivity index (χ2v) is 11.4. The Morgan fingerprint density at radius 1 is 1.15 bits per heavy atom. The lowest BCUT2D eigenvalue weighted by Gasteiger charge is -2.21. The number of rotatable bonds is 9. The number of pyridine rings is 1. The number of aryl methyl sites for hydroxylation is 2. The Morgan fingerprint density at radius 3 is 2.58 bits per heavy atom. The van der Waals surface area contributed by atoms with E-state index in [1.807, 2.05) is 0 Å². The van der Waals surface area contributed by atoms with E-state index in [1.54, 1.807) is 26.1 Å². The summed E-state index contributed by atoms with van der Waals surface area (Å²) < 4.78 is 39.5. The Bertz CT molecular complexity index is 1400. The lowest BCUT2D eigenvalue weighted by molar-refractivity contribution is -0.135. The first kappa shape index (κ1) is 28.4. The minimum absolute atomic E-state index is 0.00295. The second kappa shape index (κ2) is 11.0. The van der Waals surface area contributed by atoms with Gasteiger partial charge in [-0.1, -0.05) is 0 Å². The SMILES string of the molecule is Cc1nc(NCC(F)(F)F)nc(N[C@@H]2C[C@H](C(O)C(=O)NCC3CC3)[C@@H](O)[C@H]2O)c1-c1nc2c(C)nccc2s1. The van der Waals surface area contributed by atoms with Crippen molar-refractivity contribution in [3.05, 3.63) is 23.7 Å². The quantitative estimate of drug-likeness (QED) is 0.221. The first-order chi connectivity index (χ1) is 18.9. The number of fused-ring (bicyclic) bond motifs is 1. The molecule has 3 aromatic heterocycles. The molecule has 0 aromatic carbocycles. The smallest absolute Gasteiger partial charge is 0.390 e. The van der Waals surface area contributed by atoms with Crippen LogP contribution in [-0.4, -0.2) is 84.8 Å². The summed E-state index contributed by atoms with van der Waals surface area (Å²) in [5.41, 5.74) is 2.09. The van der Waals surface area contributed by atoms with Crippen LogP contribution in [0.4, 0.5) is 24.9 Å². The van der Waals surface area contributed by atoms with Crippen LogP contribution >= 0.6 is 11.3 Å². The lowest BCUT2D eigenvalue weighted by atomic mass is 9.97. The van der Waals surface area contributed by atoms with Crippen molar-refractivity contribution < 1.29 is 33.3 Å². The predicted octanol–water partition coefficient (Wildman–Crippen LogP) is 2.15. The Kier molecular flexibility index (Phi) is 7.83. The molecule has 15 heteroatoms. The summed E-state index contributed by atoms with van der Waals surface area (Å²) in [5, 5.41) is 40.5. The highest BCUT2D eigenvalue weighted by molar-refractivity contribution is 7.21. The number of aliphatic hydroxyl groups excluding tert-OH is 3. The highest BCUT2D eigenvalue weighted by atomic mass is 32.1. The van der Waals surface area contributed by atoms with Gasteiger partial charge in [-0.3, -0.25) is 9.78 Å². The van der Waals surface area contributed by atoms with E-state index in [1.165, 1.54) is 11.3 Å². The van der Waals surface area contributed by atoms with E-state index >= 15 is 0 Å². The van der Waals surface area contributed by atoms with E-state index in [0.29, 0.717) is 39.9 Å². The van der Waals surface area contributed by atoms with Crippen molar-refractivity contribution in [2.24, 2.45) is 11.8 Å². The first-order valence-electron chi connectivity index (χ1n) is 12.9. The van der Waals surface area contributed by atoms with E-state index in [0.717, 1.165) is 17.5 Å². The Morgan fingerprint density at radius 2 is 1.90 bits per heavy atom. The molecule has 6 N–H and O–H groups in total. The first-order valence-corrected chi connectivity index (χ1v) is 13.7. The Hall–Kier alpha value is -3.14. The fourth-order valence-corrected chi connectivity index (χ4v) is 5.96. The molecule has 1 amide bonds. The van der Waals surface area contributed by atoms with Crippen LogP contribution < -0.4 is 16.0 Å². The molecule has 0 saturated heterocycles. The maximum absolute atomic E-state index is 12.9. The van der Waals surface area contributed by atoms with Gasteiger partial charge in [-0.05, 0) is 45.1 Å². The van der Waals surface area contributed by atoms with Gasteiger partial charge in [0, 0.05) is 18.7 Å². The van der Waals surface area contributed by atoms with Crippen LogP contribution in [0.25, 0.3) is 20.8 Å². The molecule has 5 rings (SSSR count). The normalized spacial score (nSPS) is 23.8. The largest absolute Gasteiger partial charge is 0.405 e. The number of aliphatic hydroxyl groups is 3. The number of thiazole rings is 1. The summed E-state index contributed by atoms with van der Waals surface area (Å²) in [5.74, 6) is -1.40. The fourth-order valence-electron chi connectivity index (χ4n) is 4.85. The summed E-state index contributed by atoms with van der Waals surface area (Å²) in [7, 11) is 0. The van der Waals surface area contributed by atoms with Gasteiger partial charge in [0.05, 0.1) is 33.8 Å². The summed E-state index contributed by atoms with van der Waals surface area (Å²) in [6.07, 6.45) is -5.21. The molecule has 0 bridgehead atoms. The molecule has 2 aliphatic carbocycles. The van der Waals surface area contributed by atoms with E-state index in [4.69, 9.17) is 0 Å². The molecule has 2 saturated carbocycles. The van der Waals surface area contributed by atoms with E-state index in [2.05, 4.69) is 35.9 Å². The highest BCUT2D eigenvalue weighted by Gasteiger charge is 2.47. The molecule has 2 fully saturated rings. The van der Waals surface area contributed by atoms with E-state index < -0.39 is 48.9 Å². The number of aromatic nitrogens is 4. The van der Waals surface area contributed by atoms with Gasteiger partial charge in [0.15, 0.2) is 0 Å². The zero-order chi connectivity index (χ0) is 28.8. The minimum Gasteiger partial charge on any atom is -0.390 e. The molecule has 11 nitrogen and oxygen atoms in total. The molecular weight excluding hydrogens is 551 g/mol. The van der Waals surface area contributed by atoms with Crippen molar-refractivity contribution in [3.63, 3.8) is 0 Å². The molecule has 3 heterocycles. The van der Waals surface area contributed by atoms with Gasteiger partial charge in [-0.25, -0.2) is 9.97 Å². The maximum atomic E-state index is 12.9. The van der Waals surface area contributed by atoms with Crippen molar-refractivity contribution in [1.29, 1.82) is 0 Å². The molecule has 3 aromatic rings. The average Bonchev–Trinajstić information content (AvgIpc) is 3.56. The van der Waals surface area contributed by atoms with Crippen LogP contribution in [0.3, 0.4) is 0 Å². The van der Waals surface area contributed by atoms with Crippen LogP contribution in [-0.2, 0) is 4.79 Å². The number of halogens is 3. The molecule has 0 spiro atoms. The Labute approximate surface area is 231 Å². The number of alkyl halides is 3. The van der Waals surface area contributed by atoms with Crippen molar-refractivity contribution in [2.45, 2.75) is 63.6 Å². The van der Waals surface area contributed by atoms with Crippen molar-refractivity contribution in [1.82, 2.24) is 25.3 Å². The van der Waals surface area contributed by atoms with Gasteiger partial charge < -0.3 is 31.3 Å². The molecule has 40 heavy (non-hydrogen) atoms. The number of hydrogen-bond acceptors (Lipinski definition) is 11. The number of carbonyl (C=O) groups is 1. The fraction of sp³-hybridized carbons (Fsp3) is 0.560. The topological polar surface area (TPSA) is 165 Å². The number of nitrogens with zero attached hydrogens (tertiary/aromatic N) is 4. The van der Waals surface area contributed by atoms with Crippen LogP contribution in [0.1, 0.15) is 30.7 Å². The summed E-state index contributed by atoms with van der Waals surface area (Å²) in [4.78, 5) is 29.9. The number of carbonyl (C=O) groups excluding carboxylic acids is 1.